The molecule has 3 aliphatic rings. The first-order valence-corrected chi connectivity index (χ1v) is 19.7. The van der Waals surface area contributed by atoms with E-state index in [9.17, 15) is 20.1 Å². The number of nitrogens with zero attached hydrogens (tertiary/aromatic N) is 1. The van der Waals surface area contributed by atoms with Crippen molar-refractivity contribution < 1.29 is 24.9 Å². The summed E-state index contributed by atoms with van der Waals surface area (Å²) in [6, 6.07) is 30.3. The molecule has 0 radical (unpaired) electrons. The van der Waals surface area contributed by atoms with E-state index in [2.05, 4.69) is 49.1 Å². The molecule has 5 unspecified atom stereocenters. The van der Waals surface area contributed by atoms with E-state index in [1.165, 1.54) is 16.9 Å². The molecule has 4 aromatic rings. The van der Waals surface area contributed by atoms with Crippen LogP contribution in [0.25, 0.3) is 0 Å². The summed E-state index contributed by atoms with van der Waals surface area (Å²) < 4.78 is 5.94. The summed E-state index contributed by atoms with van der Waals surface area (Å²) in [5, 5.41) is 35.3. The Bertz CT molecular complexity index is 1800. The van der Waals surface area contributed by atoms with Gasteiger partial charge < -0.3 is 20.1 Å². The highest BCUT2D eigenvalue weighted by atomic mass is 32.1. The Morgan fingerprint density at radius 2 is 1.69 bits per heavy atom. The molecule has 1 saturated carbocycles. The summed E-state index contributed by atoms with van der Waals surface area (Å²) >= 11 is 1.51. The van der Waals surface area contributed by atoms with E-state index in [1.54, 1.807) is 0 Å². The lowest BCUT2D eigenvalue weighted by molar-refractivity contribution is -0.0923. The Labute approximate surface area is 313 Å². The third-order valence-corrected chi connectivity index (χ3v) is 12.5. The maximum absolute atomic E-state index is 14.3. The molecule has 6 nitrogen and oxygen atoms in total. The van der Waals surface area contributed by atoms with Crippen LogP contribution in [0.3, 0.4) is 0 Å². The normalized spacial score (nSPS) is 24.3. The summed E-state index contributed by atoms with van der Waals surface area (Å²) in [6.45, 7) is 8.31. The van der Waals surface area contributed by atoms with Crippen LogP contribution in [0.4, 0.5) is 0 Å². The van der Waals surface area contributed by atoms with Gasteiger partial charge >= 0.3 is 0 Å². The van der Waals surface area contributed by atoms with Crippen molar-refractivity contribution in [1.82, 2.24) is 4.90 Å². The molecule has 276 valence electrons. The number of aryl methyl sites for hydroxylation is 1. The molecule has 7 rings (SSSR count). The van der Waals surface area contributed by atoms with Crippen molar-refractivity contribution >= 4 is 17.1 Å². The van der Waals surface area contributed by atoms with Crippen molar-refractivity contribution in [2.24, 2.45) is 5.41 Å². The lowest BCUT2D eigenvalue weighted by atomic mass is 9.64. The quantitative estimate of drug-likeness (QED) is 0.101. The Kier molecular flexibility index (Phi) is 12.6. The maximum atomic E-state index is 14.3. The van der Waals surface area contributed by atoms with Gasteiger partial charge in [-0.25, -0.2) is 0 Å². The highest BCUT2D eigenvalue weighted by molar-refractivity contribution is 7.14. The molecule has 0 spiro atoms. The topological polar surface area (TPSA) is 90.2 Å². The highest BCUT2D eigenvalue weighted by Crippen LogP contribution is 2.59. The third-order valence-electron chi connectivity index (χ3n) is 11.5. The molecule has 0 aliphatic heterocycles. The largest absolute Gasteiger partial charge is 0.393 e. The van der Waals surface area contributed by atoms with Gasteiger partial charge in [-0.3, -0.25) is 9.69 Å². The smallest absolute Gasteiger partial charge is 0.203 e. The number of carbonyl (C=O) groups is 1. The summed E-state index contributed by atoms with van der Waals surface area (Å²) in [6.07, 6.45) is 5.86. The molecule has 1 heterocycles. The zero-order valence-electron chi connectivity index (χ0n) is 31.0. The molecular weight excluding hydrogens is 667 g/mol. The van der Waals surface area contributed by atoms with E-state index >= 15 is 0 Å². The van der Waals surface area contributed by atoms with Gasteiger partial charge in [0, 0.05) is 35.5 Å². The third kappa shape index (κ3) is 9.19. The SMILES string of the molecule is CC1=CCCC2(C)C(CCC2(O)CN(Cc2ccccc2)CC(O)COCc2ccccc2)c2ccc(cc2C(=O)c2ccc(C)s2)CC(O)CC1. The second-order valence-electron chi connectivity index (χ2n) is 15.5. The number of fused-ring (bicyclic) bond motifs is 8. The molecular formula is C45H55NO5S. The van der Waals surface area contributed by atoms with Crippen LogP contribution in [0.15, 0.2) is 103 Å². The second-order valence-corrected chi connectivity index (χ2v) is 16.8. The van der Waals surface area contributed by atoms with E-state index in [1.807, 2.05) is 73.7 Å². The zero-order valence-corrected chi connectivity index (χ0v) is 31.8. The minimum atomic E-state index is -1.09. The first-order chi connectivity index (χ1) is 25.0. The van der Waals surface area contributed by atoms with E-state index < -0.39 is 23.2 Å². The molecule has 0 amide bonds. The van der Waals surface area contributed by atoms with Gasteiger partial charge in [0.1, 0.15) is 0 Å². The maximum Gasteiger partial charge on any atom is 0.203 e. The second kappa shape index (κ2) is 17.1. The number of ether oxygens (including phenoxy) is 1. The first-order valence-electron chi connectivity index (χ1n) is 18.9. The Morgan fingerprint density at radius 3 is 2.40 bits per heavy atom. The van der Waals surface area contributed by atoms with Crippen LogP contribution in [0.1, 0.15) is 101 Å². The average molecular weight is 722 g/mol. The number of aliphatic hydroxyl groups excluding tert-OH is 2. The molecule has 0 saturated heterocycles. The van der Waals surface area contributed by atoms with Gasteiger partial charge in [0.15, 0.2) is 0 Å². The number of benzene rings is 3. The van der Waals surface area contributed by atoms with Gasteiger partial charge in [0.05, 0.1) is 35.9 Å². The summed E-state index contributed by atoms with van der Waals surface area (Å²) in [5.41, 5.74) is 4.38. The van der Waals surface area contributed by atoms with Crippen molar-refractivity contribution in [2.75, 3.05) is 19.7 Å². The van der Waals surface area contributed by atoms with Gasteiger partial charge in [-0.05, 0) is 105 Å². The number of allylic oxidation sites excluding steroid dienone is 2. The molecule has 5 atom stereocenters. The van der Waals surface area contributed by atoms with Crippen LogP contribution in [0.5, 0.6) is 0 Å². The lowest BCUT2D eigenvalue weighted by Crippen LogP contribution is -2.53. The van der Waals surface area contributed by atoms with E-state index in [-0.39, 0.29) is 18.3 Å². The fourth-order valence-corrected chi connectivity index (χ4v) is 9.34. The fourth-order valence-electron chi connectivity index (χ4n) is 8.52. The number of hydrogen-bond donors (Lipinski definition) is 3. The van der Waals surface area contributed by atoms with E-state index in [4.69, 9.17) is 4.74 Å². The molecule has 1 fully saturated rings. The lowest BCUT2D eigenvalue weighted by Gasteiger charge is -2.46. The van der Waals surface area contributed by atoms with Crippen LogP contribution >= 0.6 is 11.3 Å². The number of thiophene rings is 1. The number of carbonyl (C=O) groups excluding carboxylic acids is 1. The van der Waals surface area contributed by atoms with Crippen LogP contribution in [-0.2, 0) is 24.3 Å². The van der Waals surface area contributed by atoms with E-state index in [0.29, 0.717) is 55.9 Å². The van der Waals surface area contributed by atoms with Crippen molar-refractivity contribution in [3.8, 4) is 0 Å². The Morgan fingerprint density at radius 1 is 0.962 bits per heavy atom. The van der Waals surface area contributed by atoms with E-state index in [0.717, 1.165) is 52.8 Å². The Balaban J connectivity index is 1.33. The average Bonchev–Trinajstić information content (AvgIpc) is 3.67. The van der Waals surface area contributed by atoms with Gasteiger partial charge in [0.25, 0.3) is 0 Å². The zero-order chi connectivity index (χ0) is 36.7. The molecule has 2 bridgehead atoms. The van der Waals surface area contributed by atoms with Crippen LogP contribution in [0.2, 0.25) is 0 Å². The monoisotopic (exact) mass is 721 g/mol. The minimum Gasteiger partial charge on any atom is -0.393 e. The predicted molar refractivity (Wildman–Crippen MR) is 210 cm³/mol. The molecule has 3 N–H and O–H groups in total. The standard InChI is InChI=1S/C45H55NO5S/c1-32-11-10-23-44(3)41(39-20-18-36(25-37(47)19-16-32)26-40(39)43(49)42-21-17-33(2)52-42)22-24-45(44,50)31-46(27-34-12-6-4-7-13-34)28-38(48)30-51-29-35-14-8-5-9-15-35/h4-9,11-15,17-18,20-21,26,37-38,41,47-48,50H,10,16,19,22-25,27-31H2,1-3H3. The summed E-state index contributed by atoms with van der Waals surface area (Å²) in [5.74, 6) is -0.0553. The van der Waals surface area contributed by atoms with Gasteiger partial charge in [-0.1, -0.05) is 91.4 Å². The summed E-state index contributed by atoms with van der Waals surface area (Å²) in [4.78, 5) is 18.3. The van der Waals surface area contributed by atoms with Crippen molar-refractivity contribution in [2.45, 2.75) is 103 Å². The summed E-state index contributed by atoms with van der Waals surface area (Å²) in [7, 11) is 0. The molecule has 52 heavy (non-hydrogen) atoms. The molecule has 1 aromatic heterocycles. The predicted octanol–water partition coefficient (Wildman–Crippen LogP) is 8.41. The molecule has 7 heteroatoms. The molecule has 3 aromatic carbocycles. The van der Waals surface area contributed by atoms with Crippen molar-refractivity contribution in [1.29, 1.82) is 0 Å². The number of rotatable bonds is 12. The van der Waals surface area contributed by atoms with Gasteiger partial charge in [-0.15, -0.1) is 11.3 Å². The van der Waals surface area contributed by atoms with Crippen molar-refractivity contribution in [3.05, 3.63) is 140 Å². The Hall–Kier alpha value is -3.43. The first kappa shape index (κ1) is 38.3. The number of ketones is 1. The highest BCUT2D eigenvalue weighted by Gasteiger charge is 2.57. The van der Waals surface area contributed by atoms with Crippen molar-refractivity contribution in [3.63, 3.8) is 0 Å². The number of aliphatic hydroxyl groups is 3. The minimum absolute atomic E-state index is 0.00870. The van der Waals surface area contributed by atoms with Crippen LogP contribution in [-0.4, -0.2) is 63.5 Å². The van der Waals surface area contributed by atoms with Gasteiger partial charge in [-0.2, -0.15) is 0 Å². The van der Waals surface area contributed by atoms with Gasteiger partial charge in [0.2, 0.25) is 5.78 Å². The fraction of sp³-hybridized carbons (Fsp3) is 0.444. The van der Waals surface area contributed by atoms with Crippen LogP contribution < -0.4 is 0 Å². The van der Waals surface area contributed by atoms with Crippen LogP contribution in [0, 0.1) is 12.3 Å². The number of hydrogen-bond acceptors (Lipinski definition) is 7. The molecule has 3 aliphatic carbocycles.